The third-order valence-electron chi connectivity index (χ3n) is 2.56. The number of hydrogen-bond acceptors (Lipinski definition) is 2. The van der Waals surface area contributed by atoms with Crippen molar-refractivity contribution < 1.29 is 12.8 Å². The van der Waals surface area contributed by atoms with Crippen molar-refractivity contribution in [3.63, 3.8) is 0 Å². The lowest BCUT2D eigenvalue weighted by molar-refractivity contribution is 0.466. The van der Waals surface area contributed by atoms with E-state index in [0.29, 0.717) is 6.54 Å². The molecule has 5 heteroatoms. The summed E-state index contributed by atoms with van der Waals surface area (Å²) in [6.45, 7) is 4.12. The number of rotatable bonds is 5. The van der Waals surface area contributed by atoms with Crippen molar-refractivity contribution in [1.82, 2.24) is 4.31 Å². The van der Waals surface area contributed by atoms with E-state index in [9.17, 15) is 12.8 Å². The van der Waals surface area contributed by atoms with Crippen LogP contribution in [-0.4, -0.2) is 26.3 Å². The minimum Gasteiger partial charge on any atom is -0.212 e. The molecule has 1 aromatic rings. The van der Waals surface area contributed by atoms with E-state index in [1.165, 1.54) is 23.5 Å². The van der Waals surface area contributed by atoms with Crippen molar-refractivity contribution >= 4 is 10.0 Å². The van der Waals surface area contributed by atoms with Gasteiger partial charge in [0.2, 0.25) is 10.0 Å². The number of benzene rings is 1. The average Bonchev–Trinajstić information content (AvgIpc) is 2.22. The molecule has 17 heavy (non-hydrogen) atoms. The Morgan fingerprint density at radius 3 is 2.53 bits per heavy atom. The molecule has 0 aliphatic rings. The Kier molecular flexibility index (Phi) is 4.65. The topological polar surface area (TPSA) is 37.4 Å². The molecule has 0 bridgehead atoms. The highest BCUT2D eigenvalue weighted by molar-refractivity contribution is 7.88. The molecule has 0 fully saturated rings. The van der Waals surface area contributed by atoms with E-state index in [1.54, 1.807) is 13.0 Å². The van der Waals surface area contributed by atoms with Crippen molar-refractivity contribution in [1.29, 1.82) is 0 Å². The van der Waals surface area contributed by atoms with Gasteiger partial charge in [-0.15, -0.1) is 0 Å². The lowest BCUT2D eigenvalue weighted by Crippen LogP contribution is -2.29. The summed E-state index contributed by atoms with van der Waals surface area (Å²) in [5, 5.41) is 0. The highest BCUT2D eigenvalue weighted by Gasteiger charge is 2.19. The first-order valence-electron chi connectivity index (χ1n) is 5.56. The van der Waals surface area contributed by atoms with Gasteiger partial charge in [0.05, 0.1) is 5.75 Å². The zero-order valence-electron chi connectivity index (χ0n) is 10.4. The second kappa shape index (κ2) is 5.60. The molecule has 0 radical (unpaired) electrons. The average molecular weight is 259 g/mol. The van der Waals surface area contributed by atoms with Crippen molar-refractivity contribution in [2.75, 3.05) is 13.6 Å². The first-order chi connectivity index (χ1) is 7.86. The molecule has 3 nitrogen and oxygen atoms in total. The molecule has 0 saturated heterocycles. The van der Waals surface area contributed by atoms with Crippen LogP contribution in [-0.2, 0) is 15.8 Å². The maximum atomic E-state index is 13.5. The van der Waals surface area contributed by atoms with Crippen LogP contribution in [0.25, 0.3) is 0 Å². The zero-order chi connectivity index (χ0) is 13.1. The van der Waals surface area contributed by atoms with Crippen LogP contribution >= 0.6 is 0 Å². The SMILES string of the molecule is CCCN(C)S(=O)(=O)Cc1ccc(C)cc1F. The lowest BCUT2D eigenvalue weighted by atomic mass is 10.2. The van der Waals surface area contributed by atoms with Crippen LogP contribution < -0.4 is 0 Å². The van der Waals surface area contributed by atoms with Gasteiger partial charge in [-0.1, -0.05) is 19.1 Å². The van der Waals surface area contributed by atoms with Crippen LogP contribution in [0.2, 0.25) is 0 Å². The van der Waals surface area contributed by atoms with Crippen molar-refractivity contribution in [3.8, 4) is 0 Å². The summed E-state index contributed by atoms with van der Waals surface area (Å²) in [6.07, 6.45) is 0.742. The fourth-order valence-corrected chi connectivity index (χ4v) is 2.84. The van der Waals surface area contributed by atoms with E-state index in [1.807, 2.05) is 6.92 Å². The lowest BCUT2D eigenvalue weighted by Gasteiger charge is -2.16. The van der Waals surface area contributed by atoms with E-state index in [0.717, 1.165) is 12.0 Å². The summed E-state index contributed by atoms with van der Waals surface area (Å²) in [5.41, 5.74) is 1.00. The molecule has 1 aromatic carbocycles. The third-order valence-corrected chi connectivity index (χ3v) is 4.37. The maximum Gasteiger partial charge on any atom is 0.218 e. The van der Waals surface area contributed by atoms with Gasteiger partial charge >= 0.3 is 0 Å². The highest BCUT2D eigenvalue weighted by atomic mass is 32.2. The van der Waals surface area contributed by atoms with E-state index in [2.05, 4.69) is 0 Å². The second-order valence-corrected chi connectivity index (χ2v) is 6.25. The van der Waals surface area contributed by atoms with Gasteiger partial charge < -0.3 is 0 Å². The molecule has 96 valence electrons. The monoisotopic (exact) mass is 259 g/mol. The number of aryl methyl sites for hydroxylation is 1. The molecule has 0 aliphatic carbocycles. The smallest absolute Gasteiger partial charge is 0.212 e. The van der Waals surface area contributed by atoms with Gasteiger partial charge in [0.1, 0.15) is 5.82 Å². The summed E-state index contributed by atoms with van der Waals surface area (Å²) in [7, 11) is -1.90. The quantitative estimate of drug-likeness (QED) is 0.813. The summed E-state index contributed by atoms with van der Waals surface area (Å²) in [5.74, 6) is -0.742. The Hall–Kier alpha value is -0.940. The highest BCUT2D eigenvalue weighted by Crippen LogP contribution is 2.15. The fraction of sp³-hybridized carbons (Fsp3) is 0.500. The molecule has 0 atom stereocenters. The summed E-state index contributed by atoms with van der Waals surface area (Å²) in [4.78, 5) is 0. The maximum absolute atomic E-state index is 13.5. The minimum atomic E-state index is -3.42. The van der Waals surface area contributed by atoms with Crippen LogP contribution in [0.3, 0.4) is 0 Å². The van der Waals surface area contributed by atoms with Gasteiger partial charge in [0.25, 0.3) is 0 Å². The first kappa shape index (κ1) is 14.1. The Labute approximate surface area is 102 Å². The molecule has 0 amide bonds. The predicted molar refractivity (Wildman–Crippen MR) is 66.7 cm³/mol. The largest absolute Gasteiger partial charge is 0.218 e. The first-order valence-corrected chi connectivity index (χ1v) is 7.16. The van der Waals surface area contributed by atoms with Gasteiger partial charge in [-0.25, -0.2) is 17.1 Å². The van der Waals surface area contributed by atoms with Gasteiger partial charge in [-0.05, 0) is 25.0 Å². The molecular formula is C12H18FNO2S. The Bertz CT molecular complexity index is 485. The zero-order valence-corrected chi connectivity index (χ0v) is 11.2. The van der Waals surface area contributed by atoms with Crippen LogP contribution in [0.15, 0.2) is 18.2 Å². The third kappa shape index (κ3) is 3.78. The number of halogens is 1. The van der Waals surface area contributed by atoms with Gasteiger partial charge in [-0.3, -0.25) is 0 Å². The van der Waals surface area contributed by atoms with Gasteiger partial charge in [0.15, 0.2) is 0 Å². The van der Waals surface area contributed by atoms with Crippen molar-refractivity contribution in [2.24, 2.45) is 0 Å². The molecule has 0 aliphatic heterocycles. The predicted octanol–water partition coefficient (Wildman–Crippen LogP) is 2.31. The Balaban J connectivity index is 2.90. The Morgan fingerprint density at radius 1 is 1.35 bits per heavy atom. The van der Waals surface area contributed by atoms with Crippen molar-refractivity contribution in [2.45, 2.75) is 26.0 Å². The summed E-state index contributed by atoms with van der Waals surface area (Å²) in [6, 6.07) is 4.60. The second-order valence-electron chi connectivity index (χ2n) is 4.17. The molecule has 0 heterocycles. The molecular weight excluding hydrogens is 241 g/mol. The van der Waals surface area contributed by atoms with E-state index in [4.69, 9.17) is 0 Å². The molecule has 0 N–H and O–H groups in total. The molecule has 0 saturated carbocycles. The number of nitrogens with zero attached hydrogens (tertiary/aromatic N) is 1. The van der Waals surface area contributed by atoms with Crippen molar-refractivity contribution in [3.05, 3.63) is 35.1 Å². The minimum absolute atomic E-state index is 0.221. The summed E-state index contributed by atoms with van der Waals surface area (Å²) < 4.78 is 38.6. The van der Waals surface area contributed by atoms with Crippen LogP contribution in [0.1, 0.15) is 24.5 Å². The molecule has 1 rings (SSSR count). The Morgan fingerprint density at radius 2 is 2.00 bits per heavy atom. The van der Waals surface area contributed by atoms with Crippen LogP contribution in [0.5, 0.6) is 0 Å². The molecule has 0 unspecified atom stereocenters. The summed E-state index contributed by atoms with van der Waals surface area (Å²) >= 11 is 0. The van der Waals surface area contributed by atoms with Crippen LogP contribution in [0, 0.1) is 12.7 Å². The number of sulfonamides is 1. The van der Waals surface area contributed by atoms with Crippen LogP contribution in [0.4, 0.5) is 4.39 Å². The van der Waals surface area contributed by atoms with Gasteiger partial charge in [-0.2, -0.15) is 0 Å². The van der Waals surface area contributed by atoms with E-state index in [-0.39, 0.29) is 11.3 Å². The molecule has 0 spiro atoms. The van der Waals surface area contributed by atoms with E-state index < -0.39 is 15.8 Å². The normalized spacial score (nSPS) is 12.1. The standard InChI is InChI=1S/C12H18FNO2S/c1-4-7-14(3)17(15,16)9-11-6-5-10(2)8-12(11)13/h5-6,8H,4,7,9H2,1-3H3. The molecule has 0 aromatic heterocycles. The number of hydrogen-bond donors (Lipinski definition) is 0. The fourth-order valence-electron chi connectivity index (χ4n) is 1.53. The van der Waals surface area contributed by atoms with Gasteiger partial charge in [0, 0.05) is 19.2 Å². The van der Waals surface area contributed by atoms with E-state index >= 15 is 0 Å².